The fourth-order valence-electron chi connectivity index (χ4n) is 2.77. The van der Waals surface area contributed by atoms with Crippen LogP contribution in [0.2, 0.25) is 0 Å². The van der Waals surface area contributed by atoms with Gasteiger partial charge in [0.15, 0.2) is 11.5 Å². The van der Waals surface area contributed by atoms with Gasteiger partial charge in [0.05, 0.1) is 23.7 Å². The number of methoxy groups -OCH3 is 1. The molecule has 0 radical (unpaired) electrons. The maximum atomic E-state index is 11.0. The van der Waals surface area contributed by atoms with Gasteiger partial charge in [0, 0.05) is 16.6 Å². The number of benzene rings is 3. The lowest BCUT2D eigenvalue weighted by molar-refractivity contribution is -0.384. The molecule has 3 aromatic rings. The smallest absolute Gasteiger partial charge is 0.270 e. The van der Waals surface area contributed by atoms with Crippen molar-refractivity contribution in [1.82, 2.24) is 0 Å². The quantitative estimate of drug-likeness (QED) is 0.185. The van der Waals surface area contributed by atoms with E-state index in [1.165, 1.54) is 12.1 Å². The van der Waals surface area contributed by atoms with E-state index < -0.39 is 4.92 Å². The maximum Gasteiger partial charge on any atom is 0.270 e. The third-order valence-electron chi connectivity index (χ3n) is 4.29. The summed E-state index contributed by atoms with van der Waals surface area (Å²) in [6.45, 7) is 0.385. The summed E-state index contributed by atoms with van der Waals surface area (Å²) in [6, 6.07) is 21.2. The number of hydrogen-bond donors (Lipinski definition) is 0. The highest BCUT2D eigenvalue weighted by molar-refractivity contribution is 9.10. The Balaban J connectivity index is 1.84. The summed E-state index contributed by atoms with van der Waals surface area (Å²) >= 11 is 3.40. The third-order valence-corrected chi connectivity index (χ3v) is 4.82. The van der Waals surface area contributed by atoms with Crippen LogP contribution in [0.15, 0.2) is 71.2 Å². The molecule has 3 aromatic carbocycles. The van der Waals surface area contributed by atoms with Crippen LogP contribution in [0.4, 0.5) is 5.69 Å². The van der Waals surface area contributed by atoms with Crippen LogP contribution in [0.3, 0.4) is 0 Å². The Kier molecular flexibility index (Phi) is 6.83. The summed E-state index contributed by atoms with van der Waals surface area (Å²) < 4.78 is 12.3. The number of nitriles is 1. The largest absolute Gasteiger partial charge is 0.493 e. The van der Waals surface area contributed by atoms with Crippen LogP contribution in [-0.2, 0) is 6.61 Å². The Morgan fingerprint density at radius 1 is 1.13 bits per heavy atom. The van der Waals surface area contributed by atoms with Crippen molar-refractivity contribution in [3.05, 3.63) is 98.0 Å². The Morgan fingerprint density at radius 2 is 1.90 bits per heavy atom. The predicted octanol–water partition coefficient (Wildman–Crippen LogP) is 6.01. The zero-order valence-electron chi connectivity index (χ0n) is 16.0. The molecule has 7 heteroatoms. The molecule has 0 saturated heterocycles. The minimum Gasteiger partial charge on any atom is -0.493 e. The first-order chi connectivity index (χ1) is 14.5. The summed E-state index contributed by atoms with van der Waals surface area (Å²) in [5.41, 5.74) is 2.45. The molecule has 30 heavy (non-hydrogen) atoms. The topological polar surface area (TPSA) is 85.4 Å². The monoisotopic (exact) mass is 464 g/mol. The van der Waals surface area contributed by atoms with Crippen LogP contribution in [0, 0.1) is 21.4 Å². The Morgan fingerprint density at radius 3 is 2.57 bits per heavy atom. The SMILES string of the molecule is COc1cc(C=C(C#N)c2cccc([N+](=O)[O-])c2)ccc1OCc1ccc(Br)cc1. The van der Waals surface area contributed by atoms with Crippen LogP contribution in [0.1, 0.15) is 16.7 Å². The summed E-state index contributed by atoms with van der Waals surface area (Å²) in [7, 11) is 1.54. The van der Waals surface area contributed by atoms with Crippen molar-refractivity contribution in [2.45, 2.75) is 6.61 Å². The lowest BCUT2D eigenvalue weighted by Crippen LogP contribution is -1.98. The van der Waals surface area contributed by atoms with Crippen molar-refractivity contribution in [2.75, 3.05) is 7.11 Å². The van der Waals surface area contributed by atoms with Gasteiger partial charge in [-0.2, -0.15) is 5.26 Å². The zero-order chi connectivity index (χ0) is 21.5. The van der Waals surface area contributed by atoms with Crippen LogP contribution >= 0.6 is 15.9 Å². The molecule has 3 rings (SSSR count). The molecule has 0 aromatic heterocycles. The number of non-ortho nitro benzene ring substituents is 1. The highest BCUT2D eigenvalue weighted by atomic mass is 79.9. The molecule has 0 N–H and O–H groups in total. The molecule has 0 amide bonds. The van der Waals surface area contributed by atoms with Gasteiger partial charge in [-0.05, 0) is 47.0 Å². The van der Waals surface area contributed by atoms with Gasteiger partial charge < -0.3 is 9.47 Å². The van der Waals surface area contributed by atoms with Crippen molar-refractivity contribution in [3.8, 4) is 17.6 Å². The molecule has 0 saturated carbocycles. The number of nitro groups is 1. The second-order valence-electron chi connectivity index (χ2n) is 6.30. The fourth-order valence-corrected chi connectivity index (χ4v) is 3.03. The van der Waals surface area contributed by atoms with Gasteiger partial charge in [-0.25, -0.2) is 0 Å². The number of hydrogen-bond acceptors (Lipinski definition) is 5. The number of ether oxygens (including phenoxy) is 2. The molecule has 6 nitrogen and oxygen atoms in total. The van der Waals surface area contributed by atoms with Crippen molar-refractivity contribution < 1.29 is 14.4 Å². The molecule has 0 fully saturated rings. The lowest BCUT2D eigenvalue weighted by atomic mass is 10.0. The molecule has 0 aliphatic rings. The van der Waals surface area contributed by atoms with Crippen molar-refractivity contribution >= 4 is 33.3 Å². The van der Waals surface area contributed by atoms with Gasteiger partial charge in [-0.3, -0.25) is 10.1 Å². The van der Waals surface area contributed by atoms with E-state index in [-0.39, 0.29) is 5.69 Å². The molecule has 0 aliphatic heterocycles. The van der Waals surface area contributed by atoms with E-state index >= 15 is 0 Å². The molecule has 0 spiro atoms. The highest BCUT2D eigenvalue weighted by Gasteiger charge is 2.10. The Labute approximate surface area is 182 Å². The number of nitrogens with zero attached hydrogens (tertiary/aromatic N) is 2. The summed E-state index contributed by atoms with van der Waals surface area (Å²) in [5, 5.41) is 20.5. The molecule has 0 unspecified atom stereocenters. The van der Waals surface area contributed by atoms with E-state index in [2.05, 4.69) is 22.0 Å². The third kappa shape index (κ3) is 5.25. The van der Waals surface area contributed by atoms with E-state index in [9.17, 15) is 15.4 Å². The van der Waals surface area contributed by atoms with Crippen LogP contribution < -0.4 is 9.47 Å². The van der Waals surface area contributed by atoms with Gasteiger partial charge >= 0.3 is 0 Å². The normalized spacial score (nSPS) is 10.9. The van der Waals surface area contributed by atoms with Crippen molar-refractivity contribution in [3.63, 3.8) is 0 Å². The standard InChI is InChI=1S/C23H17BrN2O4/c1-29-23-12-17(7-10-22(23)30-15-16-5-8-20(24)9-6-16)11-19(14-25)18-3-2-4-21(13-18)26(27)28/h2-13H,15H2,1H3. The van der Waals surface area contributed by atoms with Crippen LogP contribution in [0.5, 0.6) is 11.5 Å². The second kappa shape index (κ2) is 9.72. The molecule has 0 bridgehead atoms. The van der Waals surface area contributed by atoms with E-state index in [4.69, 9.17) is 9.47 Å². The second-order valence-corrected chi connectivity index (χ2v) is 7.22. The predicted molar refractivity (Wildman–Crippen MR) is 118 cm³/mol. The van der Waals surface area contributed by atoms with Gasteiger partial charge in [-0.15, -0.1) is 0 Å². The van der Waals surface area contributed by atoms with Gasteiger partial charge in [0.25, 0.3) is 5.69 Å². The summed E-state index contributed by atoms with van der Waals surface area (Å²) in [4.78, 5) is 10.5. The van der Waals surface area contributed by atoms with Gasteiger partial charge in [-0.1, -0.05) is 46.3 Å². The first kappa shape index (κ1) is 21.1. The number of nitro benzene ring substituents is 1. The zero-order valence-corrected chi connectivity index (χ0v) is 17.6. The van der Waals surface area contributed by atoms with Gasteiger partial charge in [0.2, 0.25) is 0 Å². The minimum absolute atomic E-state index is 0.0667. The van der Waals surface area contributed by atoms with E-state index in [1.807, 2.05) is 24.3 Å². The minimum atomic E-state index is -0.487. The molecular formula is C23H17BrN2O4. The van der Waals surface area contributed by atoms with E-state index in [0.29, 0.717) is 34.8 Å². The average Bonchev–Trinajstić information content (AvgIpc) is 2.77. The molecule has 0 heterocycles. The highest BCUT2D eigenvalue weighted by Crippen LogP contribution is 2.31. The first-order valence-electron chi connectivity index (χ1n) is 8.92. The maximum absolute atomic E-state index is 11.0. The Bertz CT molecular complexity index is 1130. The van der Waals surface area contributed by atoms with Crippen molar-refractivity contribution in [2.24, 2.45) is 0 Å². The average molecular weight is 465 g/mol. The van der Waals surface area contributed by atoms with Crippen LogP contribution in [0.25, 0.3) is 11.6 Å². The fraction of sp³-hybridized carbons (Fsp3) is 0.0870. The first-order valence-corrected chi connectivity index (χ1v) is 9.71. The van der Waals surface area contributed by atoms with E-state index in [1.54, 1.807) is 43.5 Å². The molecular weight excluding hydrogens is 448 g/mol. The summed E-state index contributed by atoms with van der Waals surface area (Å²) in [6.07, 6.45) is 1.65. The molecule has 150 valence electrons. The summed E-state index contributed by atoms with van der Waals surface area (Å²) in [5.74, 6) is 1.10. The number of halogens is 1. The number of allylic oxidation sites excluding steroid dienone is 1. The van der Waals surface area contributed by atoms with Crippen molar-refractivity contribution in [1.29, 1.82) is 5.26 Å². The van der Waals surface area contributed by atoms with E-state index in [0.717, 1.165) is 10.0 Å². The van der Waals surface area contributed by atoms with Crippen LogP contribution in [-0.4, -0.2) is 12.0 Å². The number of rotatable bonds is 7. The molecule has 0 aliphatic carbocycles. The lowest BCUT2D eigenvalue weighted by Gasteiger charge is -2.12. The van der Waals surface area contributed by atoms with Gasteiger partial charge in [0.1, 0.15) is 6.61 Å². The Hall–Kier alpha value is -3.63. The molecule has 0 atom stereocenters.